The Morgan fingerprint density at radius 2 is 2.00 bits per heavy atom. The second-order valence-corrected chi connectivity index (χ2v) is 4.39. The first-order valence-corrected chi connectivity index (χ1v) is 6.28. The van der Waals surface area contributed by atoms with Gasteiger partial charge in [-0.05, 0) is 12.3 Å². The molecule has 2 heterocycles. The van der Waals surface area contributed by atoms with Crippen LogP contribution in [0.4, 0.5) is 0 Å². The topological polar surface area (TPSA) is 90.2 Å². The van der Waals surface area contributed by atoms with Crippen LogP contribution < -0.4 is 0 Å². The Bertz CT molecular complexity index is 413. The molecule has 2 aliphatic rings. The Kier molecular flexibility index (Phi) is 5.44. The van der Waals surface area contributed by atoms with E-state index in [4.69, 9.17) is 10.2 Å². The van der Waals surface area contributed by atoms with Crippen molar-refractivity contribution in [2.75, 3.05) is 18.8 Å². The van der Waals surface area contributed by atoms with E-state index in [-0.39, 0.29) is 0 Å². The van der Waals surface area contributed by atoms with Gasteiger partial charge in [-0.3, -0.25) is 4.99 Å². The fraction of sp³-hybridized carbons (Fsp3) is 0.364. The Morgan fingerprint density at radius 1 is 1.39 bits per heavy atom. The Labute approximate surface area is 109 Å². The van der Waals surface area contributed by atoms with Crippen LogP contribution in [0, 0.1) is 0 Å². The van der Waals surface area contributed by atoms with Gasteiger partial charge in [-0.2, -0.15) is 0 Å². The molecule has 2 aliphatic heterocycles. The number of nitrogens with zero attached hydrogens (tertiary/aromatic N) is 2. The van der Waals surface area contributed by atoms with Gasteiger partial charge in [-0.25, -0.2) is 9.59 Å². The normalized spacial score (nSPS) is 17.5. The molecule has 0 aromatic rings. The number of rotatable bonds is 2. The lowest BCUT2D eigenvalue weighted by Crippen LogP contribution is -2.29. The molecule has 0 fully saturated rings. The summed E-state index contributed by atoms with van der Waals surface area (Å²) in [6.07, 6.45) is 1.12. The molecule has 0 aliphatic carbocycles. The molecule has 7 heteroatoms. The minimum Gasteiger partial charge on any atom is -0.478 e. The third-order valence-electron chi connectivity index (χ3n) is 2.19. The smallest absolute Gasteiger partial charge is 0.328 e. The highest BCUT2D eigenvalue weighted by Crippen LogP contribution is 2.22. The van der Waals surface area contributed by atoms with Crippen molar-refractivity contribution in [2.45, 2.75) is 6.92 Å². The summed E-state index contributed by atoms with van der Waals surface area (Å²) in [5.41, 5.74) is 1.35. The van der Waals surface area contributed by atoms with E-state index in [1.165, 1.54) is 11.5 Å². The Hall–Kier alpha value is -1.76. The number of aliphatic imine (C=N–C) groups is 1. The van der Waals surface area contributed by atoms with Crippen LogP contribution in [0.15, 0.2) is 28.2 Å². The average molecular weight is 270 g/mol. The largest absolute Gasteiger partial charge is 0.478 e. The predicted octanol–water partition coefficient (Wildman–Crippen LogP) is 1.02. The maximum atomic E-state index is 9.55. The third-order valence-corrected chi connectivity index (χ3v) is 3.12. The molecule has 0 unspecified atom stereocenters. The van der Waals surface area contributed by atoms with Crippen molar-refractivity contribution < 1.29 is 19.8 Å². The van der Waals surface area contributed by atoms with E-state index in [1.807, 2.05) is 11.8 Å². The van der Waals surface area contributed by atoms with Gasteiger partial charge in [-0.1, -0.05) is 0 Å². The van der Waals surface area contributed by atoms with Crippen LogP contribution in [0.3, 0.4) is 0 Å². The van der Waals surface area contributed by atoms with Gasteiger partial charge in [0, 0.05) is 24.4 Å². The van der Waals surface area contributed by atoms with Gasteiger partial charge in [0.05, 0.1) is 12.3 Å². The predicted molar refractivity (Wildman–Crippen MR) is 69.6 cm³/mol. The monoisotopic (exact) mass is 270 g/mol. The summed E-state index contributed by atoms with van der Waals surface area (Å²) in [4.78, 5) is 25.8. The van der Waals surface area contributed by atoms with Crippen molar-refractivity contribution in [3.63, 3.8) is 0 Å². The fourth-order valence-electron chi connectivity index (χ4n) is 1.44. The van der Waals surface area contributed by atoms with Crippen LogP contribution in [0.1, 0.15) is 6.92 Å². The van der Waals surface area contributed by atoms with Crippen LogP contribution >= 0.6 is 11.8 Å². The van der Waals surface area contributed by atoms with E-state index in [0.29, 0.717) is 12.2 Å². The van der Waals surface area contributed by atoms with Gasteiger partial charge in [0.25, 0.3) is 0 Å². The summed E-state index contributed by atoms with van der Waals surface area (Å²) in [5.74, 6) is -0.179. The van der Waals surface area contributed by atoms with Gasteiger partial charge in [0.15, 0.2) is 0 Å². The van der Waals surface area contributed by atoms with Gasteiger partial charge < -0.3 is 15.1 Å². The summed E-state index contributed by atoms with van der Waals surface area (Å²) in [5, 5.41) is 17.8. The summed E-state index contributed by atoms with van der Waals surface area (Å²) < 4.78 is 0. The summed E-state index contributed by atoms with van der Waals surface area (Å²) in [6, 6.07) is 0. The summed E-state index contributed by atoms with van der Waals surface area (Å²) >= 11 is 1.84. The molecule has 0 bridgehead atoms. The van der Waals surface area contributed by atoms with Crippen molar-refractivity contribution in [3.8, 4) is 0 Å². The maximum absolute atomic E-state index is 9.55. The molecule has 0 radical (unpaired) electrons. The molecule has 2 rings (SSSR count). The highest BCUT2D eigenvalue weighted by molar-refractivity contribution is 8.02. The molecule has 0 aromatic carbocycles. The number of allylic oxidation sites excluding steroid dienone is 1. The number of fused-ring (bicyclic) bond motifs is 1. The molecular weight excluding hydrogens is 256 g/mol. The lowest BCUT2D eigenvalue weighted by Gasteiger charge is -2.23. The molecule has 98 valence electrons. The molecule has 6 nitrogen and oxygen atoms in total. The molecular formula is C11H14N2O4S. The lowest BCUT2D eigenvalue weighted by atomic mass is 10.4. The molecule has 0 atom stereocenters. The van der Waals surface area contributed by atoms with E-state index in [9.17, 15) is 9.59 Å². The van der Waals surface area contributed by atoms with Crippen molar-refractivity contribution in [1.82, 2.24) is 4.90 Å². The SMILES string of the molecule is CC1=CSCC2=NCCN12.O=C(O)/C=C/C(=O)O. The number of carbonyl (C=O) groups is 2. The van der Waals surface area contributed by atoms with Crippen molar-refractivity contribution in [1.29, 1.82) is 0 Å². The highest BCUT2D eigenvalue weighted by atomic mass is 32.2. The standard InChI is InChI=1S/C7H10N2S.C4H4O4/c1-6-4-10-5-7-8-2-3-9(6)7;5-3(6)1-2-4(7)8/h4H,2-3,5H2,1H3;1-2H,(H,5,6)(H,7,8)/b;2-1+. The van der Waals surface area contributed by atoms with Crippen molar-refractivity contribution >= 4 is 29.5 Å². The molecule has 0 spiro atoms. The number of carboxylic acid groups (broad SMARTS) is 2. The zero-order valence-corrected chi connectivity index (χ0v) is 10.7. The minimum absolute atomic E-state index is 0.558. The van der Waals surface area contributed by atoms with Crippen LogP contribution in [-0.2, 0) is 9.59 Å². The van der Waals surface area contributed by atoms with Crippen LogP contribution in [-0.4, -0.2) is 51.7 Å². The molecule has 0 amide bonds. The van der Waals surface area contributed by atoms with Crippen molar-refractivity contribution in [3.05, 3.63) is 23.3 Å². The Balaban J connectivity index is 0.000000187. The first kappa shape index (κ1) is 14.3. The second-order valence-electron chi connectivity index (χ2n) is 3.53. The molecule has 0 saturated carbocycles. The van der Waals surface area contributed by atoms with E-state index >= 15 is 0 Å². The highest BCUT2D eigenvalue weighted by Gasteiger charge is 2.20. The lowest BCUT2D eigenvalue weighted by molar-refractivity contribution is -0.134. The van der Waals surface area contributed by atoms with Crippen LogP contribution in [0.5, 0.6) is 0 Å². The number of amidine groups is 1. The number of carboxylic acids is 2. The number of hydrogen-bond acceptors (Lipinski definition) is 5. The van der Waals surface area contributed by atoms with Crippen LogP contribution in [0.25, 0.3) is 0 Å². The van der Waals surface area contributed by atoms with Gasteiger partial charge in [-0.15, -0.1) is 11.8 Å². The van der Waals surface area contributed by atoms with Gasteiger partial charge in [0.1, 0.15) is 5.84 Å². The maximum Gasteiger partial charge on any atom is 0.328 e. The minimum atomic E-state index is -1.26. The van der Waals surface area contributed by atoms with Crippen molar-refractivity contribution in [2.24, 2.45) is 4.99 Å². The zero-order valence-electron chi connectivity index (χ0n) is 9.87. The van der Waals surface area contributed by atoms with Gasteiger partial charge >= 0.3 is 11.9 Å². The van der Waals surface area contributed by atoms with E-state index < -0.39 is 11.9 Å². The first-order chi connectivity index (χ1) is 8.50. The third kappa shape index (κ3) is 4.62. The van der Waals surface area contributed by atoms with E-state index in [1.54, 1.807) is 0 Å². The van der Waals surface area contributed by atoms with E-state index in [2.05, 4.69) is 22.2 Å². The average Bonchev–Trinajstić information content (AvgIpc) is 2.77. The molecule has 2 N–H and O–H groups in total. The van der Waals surface area contributed by atoms with Crippen LogP contribution in [0.2, 0.25) is 0 Å². The number of aliphatic carboxylic acids is 2. The number of hydrogen-bond donors (Lipinski definition) is 2. The summed E-state index contributed by atoms with van der Waals surface area (Å²) in [6.45, 7) is 4.23. The summed E-state index contributed by atoms with van der Waals surface area (Å²) in [7, 11) is 0. The van der Waals surface area contributed by atoms with Gasteiger partial charge in [0.2, 0.25) is 0 Å². The zero-order chi connectivity index (χ0) is 13.5. The number of thioether (sulfide) groups is 1. The second kappa shape index (κ2) is 6.85. The molecule has 0 aromatic heterocycles. The first-order valence-electron chi connectivity index (χ1n) is 5.24. The fourth-order valence-corrected chi connectivity index (χ4v) is 2.29. The molecule has 18 heavy (non-hydrogen) atoms. The van der Waals surface area contributed by atoms with E-state index in [0.717, 1.165) is 18.8 Å². The molecule has 0 saturated heterocycles. The quantitative estimate of drug-likeness (QED) is 0.728. The Morgan fingerprint density at radius 3 is 2.50 bits per heavy atom.